The second-order valence-electron chi connectivity index (χ2n) is 3.82. The first-order valence-corrected chi connectivity index (χ1v) is 4.76. The molecule has 1 aliphatic rings. The summed E-state index contributed by atoms with van der Waals surface area (Å²) in [4.78, 5) is 22.4. The van der Waals surface area contributed by atoms with Gasteiger partial charge in [-0.3, -0.25) is 10.1 Å². The maximum absolute atomic E-state index is 11.4. The Kier molecular flexibility index (Phi) is 2.19. The van der Waals surface area contributed by atoms with E-state index < -0.39 is 12.1 Å². The summed E-state index contributed by atoms with van der Waals surface area (Å²) in [7, 11) is 0. The first-order valence-electron chi connectivity index (χ1n) is 4.76. The van der Waals surface area contributed by atoms with Gasteiger partial charge in [0.05, 0.1) is 0 Å². The van der Waals surface area contributed by atoms with Crippen LogP contribution < -0.4 is 10.6 Å². The summed E-state index contributed by atoms with van der Waals surface area (Å²) in [6, 6.07) is 4.87. The number of imide groups is 1. The van der Waals surface area contributed by atoms with E-state index in [1.54, 1.807) is 0 Å². The molecule has 0 radical (unpaired) electrons. The summed E-state index contributed by atoms with van der Waals surface area (Å²) in [6.07, 6.45) is 0. The number of rotatable bonds is 1. The Hall–Kier alpha value is -1.84. The van der Waals surface area contributed by atoms with Crippen molar-refractivity contribution in [2.24, 2.45) is 0 Å². The largest absolute Gasteiger partial charge is 0.322 e. The molecular weight excluding hydrogens is 192 g/mol. The third kappa shape index (κ3) is 1.83. The standard InChI is InChI=1S/C11H12N2O2/c1-6-3-7(2)5-8(4-6)9-10(14)13-11(15)12-9/h3-5,9H,1-2H3,(H2,12,13,14,15). The average Bonchev–Trinajstić information content (AvgIpc) is 2.43. The van der Waals surface area contributed by atoms with Crippen LogP contribution in [0.15, 0.2) is 18.2 Å². The topological polar surface area (TPSA) is 58.2 Å². The van der Waals surface area contributed by atoms with Crippen LogP contribution >= 0.6 is 0 Å². The molecule has 1 atom stereocenters. The molecule has 1 unspecified atom stereocenters. The summed E-state index contributed by atoms with van der Waals surface area (Å²) < 4.78 is 0. The van der Waals surface area contributed by atoms with Gasteiger partial charge in [0.25, 0.3) is 5.91 Å². The predicted octanol–water partition coefficient (Wildman–Crippen LogP) is 1.18. The molecule has 0 aromatic heterocycles. The van der Waals surface area contributed by atoms with Crippen molar-refractivity contribution in [3.63, 3.8) is 0 Å². The minimum absolute atomic E-state index is 0.287. The number of hydrogen-bond acceptors (Lipinski definition) is 2. The zero-order valence-corrected chi connectivity index (χ0v) is 8.63. The van der Waals surface area contributed by atoms with Crippen LogP contribution in [-0.2, 0) is 4.79 Å². The molecule has 2 rings (SSSR count). The third-order valence-electron chi connectivity index (χ3n) is 2.35. The molecule has 0 spiro atoms. The van der Waals surface area contributed by atoms with E-state index in [-0.39, 0.29) is 5.91 Å². The quantitative estimate of drug-likeness (QED) is 0.675. The van der Waals surface area contributed by atoms with Gasteiger partial charge in [-0.05, 0) is 19.4 Å². The number of carbonyl (C=O) groups is 2. The summed E-state index contributed by atoms with van der Waals surface area (Å²) >= 11 is 0. The van der Waals surface area contributed by atoms with E-state index in [0.717, 1.165) is 16.7 Å². The monoisotopic (exact) mass is 204 g/mol. The average molecular weight is 204 g/mol. The molecule has 0 aliphatic carbocycles. The smallest absolute Gasteiger partial charge is 0.322 e. The van der Waals surface area contributed by atoms with Crippen molar-refractivity contribution in [1.29, 1.82) is 0 Å². The van der Waals surface area contributed by atoms with Crippen LogP contribution in [0, 0.1) is 13.8 Å². The molecule has 1 aliphatic heterocycles. The molecule has 3 amide bonds. The molecule has 2 N–H and O–H groups in total. The fourth-order valence-electron chi connectivity index (χ4n) is 1.83. The van der Waals surface area contributed by atoms with E-state index in [4.69, 9.17) is 0 Å². The third-order valence-corrected chi connectivity index (χ3v) is 2.35. The number of amides is 3. The Balaban J connectivity index is 2.37. The highest BCUT2D eigenvalue weighted by molar-refractivity contribution is 6.04. The molecule has 1 aromatic carbocycles. The lowest BCUT2D eigenvalue weighted by molar-refractivity contribution is -0.120. The van der Waals surface area contributed by atoms with Crippen LogP contribution in [0.1, 0.15) is 22.7 Å². The second-order valence-corrected chi connectivity index (χ2v) is 3.82. The molecule has 0 bridgehead atoms. The van der Waals surface area contributed by atoms with Crippen LogP contribution in [0.2, 0.25) is 0 Å². The predicted molar refractivity (Wildman–Crippen MR) is 55.3 cm³/mol. The minimum atomic E-state index is -0.545. The van der Waals surface area contributed by atoms with Gasteiger partial charge in [-0.1, -0.05) is 29.3 Å². The fraction of sp³-hybridized carbons (Fsp3) is 0.273. The van der Waals surface area contributed by atoms with Gasteiger partial charge in [0.15, 0.2) is 0 Å². The summed E-state index contributed by atoms with van der Waals surface area (Å²) in [6.45, 7) is 3.93. The van der Waals surface area contributed by atoms with Gasteiger partial charge in [-0.25, -0.2) is 4.79 Å². The zero-order valence-electron chi connectivity index (χ0n) is 8.63. The number of benzene rings is 1. The number of urea groups is 1. The van der Waals surface area contributed by atoms with Crippen molar-refractivity contribution in [2.45, 2.75) is 19.9 Å². The highest BCUT2D eigenvalue weighted by atomic mass is 16.2. The number of carbonyl (C=O) groups excluding carboxylic acids is 2. The van der Waals surface area contributed by atoms with Gasteiger partial charge in [0.1, 0.15) is 6.04 Å². The van der Waals surface area contributed by atoms with Gasteiger partial charge in [-0.2, -0.15) is 0 Å². The maximum atomic E-state index is 11.4. The van der Waals surface area contributed by atoms with Gasteiger partial charge >= 0.3 is 6.03 Å². The molecule has 78 valence electrons. The van der Waals surface area contributed by atoms with Crippen LogP contribution in [0.25, 0.3) is 0 Å². The van der Waals surface area contributed by atoms with Crippen molar-refractivity contribution in [1.82, 2.24) is 10.6 Å². The summed E-state index contributed by atoms with van der Waals surface area (Å²) in [5.74, 6) is -0.287. The molecule has 1 heterocycles. The molecule has 1 aromatic rings. The van der Waals surface area contributed by atoms with Gasteiger partial charge < -0.3 is 5.32 Å². The van der Waals surface area contributed by atoms with E-state index in [0.29, 0.717) is 0 Å². The van der Waals surface area contributed by atoms with Crippen molar-refractivity contribution < 1.29 is 9.59 Å². The summed E-state index contributed by atoms with van der Waals surface area (Å²) in [5.41, 5.74) is 2.99. The van der Waals surface area contributed by atoms with Crippen molar-refractivity contribution >= 4 is 11.9 Å². The number of nitrogens with one attached hydrogen (secondary N) is 2. The van der Waals surface area contributed by atoms with E-state index in [2.05, 4.69) is 10.6 Å². The number of aryl methyl sites for hydroxylation is 2. The van der Waals surface area contributed by atoms with Crippen LogP contribution in [0.5, 0.6) is 0 Å². The molecule has 4 nitrogen and oxygen atoms in total. The zero-order chi connectivity index (χ0) is 11.0. The fourth-order valence-corrected chi connectivity index (χ4v) is 1.83. The summed E-state index contributed by atoms with van der Waals surface area (Å²) in [5, 5.41) is 4.79. The number of hydrogen-bond donors (Lipinski definition) is 2. The molecule has 1 fully saturated rings. The van der Waals surface area contributed by atoms with E-state index in [1.165, 1.54) is 0 Å². The maximum Gasteiger partial charge on any atom is 0.322 e. The van der Waals surface area contributed by atoms with Crippen molar-refractivity contribution in [3.05, 3.63) is 34.9 Å². The molecule has 0 saturated carbocycles. The minimum Gasteiger partial charge on any atom is -0.322 e. The first kappa shape index (κ1) is 9.71. The Morgan fingerprint density at radius 2 is 1.67 bits per heavy atom. The lowest BCUT2D eigenvalue weighted by Gasteiger charge is -2.09. The first-order chi connectivity index (χ1) is 7.06. The van der Waals surface area contributed by atoms with Gasteiger partial charge in [0.2, 0.25) is 0 Å². The van der Waals surface area contributed by atoms with Crippen LogP contribution in [0.3, 0.4) is 0 Å². The Bertz CT molecular complexity index is 420. The lowest BCUT2D eigenvalue weighted by Crippen LogP contribution is -2.22. The lowest BCUT2D eigenvalue weighted by atomic mass is 10.0. The van der Waals surface area contributed by atoms with Crippen LogP contribution in [0.4, 0.5) is 4.79 Å². The normalized spacial score (nSPS) is 20.0. The van der Waals surface area contributed by atoms with Crippen molar-refractivity contribution in [3.8, 4) is 0 Å². The van der Waals surface area contributed by atoms with E-state index >= 15 is 0 Å². The Morgan fingerprint density at radius 3 is 2.13 bits per heavy atom. The van der Waals surface area contributed by atoms with Gasteiger partial charge in [0, 0.05) is 0 Å². The second kappa shape index (κ2) is 3.38. The Morgan fingerprint density at radius 1 is 1.07 bits per heavy atom. The highest BCUT2D eigenvalue weighted by Gasteiger charge is 2.30. The molecular formula is C11H12N2O2. The van der Waals surface area contributed by atoms with Crippen LogP contribution in [-0.4, -0.2) is 11.9 Å². The molecule has 15 heavy (non-hydrogen) atoms. The Labute approximate surface area is 87.7 Å². The van der Waals surface area contributed by atoms with Crippen molar-refractivity contribution in [2.75, 3.05) is 0 Å². The molecule has 1 saturated heterocycles. The molecule has 4 heteroatoms. The van der Waals surface area contributed by atoms with Gasteiger partial charge in [-0.15, -0.1) is 0 Å². The van der Waals surface area contributed by atoms with E-state index in [9.17, 15) is 9.59 Å². The highest BCUT2D eigenvalue weighted by Crippen LogP contribution is 2.19. The van der Waals surface area contributed by atoms with E-state index in [1.807, 2.05) is 32.0 Å². The SMILES string of the molecule is Cc1cc(C)cc(C2NC(=O)NC2=O)c1.